The zero-order valence-electron chi connectivity index (χ0n) is 15.0. The first kappa shape index (κ1) is 17.8. The molecule has 6 heteroatoms. The molecule has 0 atom stereocenters. The van der Waals surface area contributed by atoms with Crippen molar-refractivity contribution in [1.29, 1.82) is 0 Å². The molecule has 0 radical (unpaired) electrons. The van der Waals surface area contributed by atoms with E-state index in [1.54, 1.807) is 11.8 Å². The third-order valence-corrected chi connectivity index (χ3v) is 5.46. The van der Waals surface area contributed by atoms with Crippen molar-refractivity contribution in [2.75, 3.05) is 11.1 Å². The monoisotopic (exact) mass is 378 g/mol. The van der Waals surface area contributed by atoms with Crippen LogP contribution in [0.2, 0.25) is 0 Å². The molecule has 1 aliphatic carbocycles. The standard InChI is InChI=1S/C21H22N4OS/c26-19(22-18-9-5-2-6-10-18)13-14-27-21-24-23-20(17-11-12-17)25(21)15-16-7-3-1-4-8-16/h1-10,17H,11-15H2,(H,22,26). The molecule has 0 unspecified atom stereocenters. The Balaban J connectivity index is 1.38. The molecule has 1 aromatic heterocycles. The summed E-state index contributed by atoms with van der Waals surface area (Å²) in [5.41, 5.74) is 2.07. The Morgan fingerprint density at radius 1 is 1.04 bits per heavy atom. The van der Waals surface area contributed by atoms with Gasteiger partial charge in [-0.1, -0.05) is 60.3 Å². The third-order valence-electron chi connectivity index (χ3n) is 4.49. The molecule has 2 aromatic carbocycles. The van der Waals surface area contributed by atoms with E-state index in [0.717, 1.165) is 23.2 Å². The molecule has 0 bridgehead atoms. The first-order valence-corrected chi connectivity index (χ1v) is 10.2. The number of carbonyl (C=O) groups is 1. The molecule has 0 saturated heterocycles. The molecule has 1 aliphatic rings. The van der Waals surface area contributed by atoms with Gasteiger partial charge in [-0.2, -0.15) is 0 Å². The Morgan fingerprint density at radius 3 is 2.44 bits per heavy atom. The minimum Gasteiger partial charge on any atom is -0.326 e. The highest BCUT2D eigenvalue weighted by Crippen LogP contribution is 2.40. The summed E-state index contributed by atoms with van der Waals surface area (Å²) in [6.45, 7) is 0.776. The third kappa shape index (κ3) is 4.77. The quantitative estimate of drug-likeness (QED) is 0.593. The molecule has 3 aromatic rings. The second-order valence-electron chi connectivity index (χ2n) is 6.70. The molecule has 5 nitrogen and oxygen atoms in total. The lowest BCUT2D eigenvalue weighted by Crippen LogP contribution is -2.12. The Morgan fingerprint density at radius 2 is 1.74 bits per heavy atom. The van der Waals surface area contributed by atoms with Crippen molar-refractivity contribution in [3.05, 3.63) is 72.1 Å². The molecule has 1 amide bonds. The normalized spacial score (nSPS) is 13.5. The van der Waals surface area contributed by atoms with Gasteiger partial charge >= 0.3 is 0 Å². The summed E-state index contributed by atoms with van der Waals surface area (Å²) in [6.07, 6.45) is 2.82. The van der Waals surface area contributed by atoms with Crippen molar-refractivity contribution in [3.8, 4) is 0 Å². The van der Waals surface area contributed by atoms with Gasteiger partial charge in [0.1, 0.15) is 5.82 Å². The van der Waals surface area contributed by atoms with E-state index < -0.39 is 0 Å². The van der Waals surface area contributed by atoms with E-state index in [9.17, 15) is 4.79 Å². The molecule has 1 fully saturated rings. The second kappa shape index (κ2) is 8.39. The van der Waals surface area contributed by atoms with Crippen molar-refractivity contribution in [1.82, 2.24) is 14.8 Å². The van der Waals surface area contributed by atoms with Crippen molar-refractivity contribution in [2.45, 2.75) is 36.9 Å². The van der Waals surface area contributed by atoms with Crippen LogP contribution < -0.4 is 5.32 Å². The van der Waals surface area contributed by atoms with Gasteiger partial charge in [0.25, 0.3) is 0 Å². The number of benzene rings is 2. The van der Waals surface area contributed by atoms with Gasteiger partial charge in [0.05, 0.1) is 6.54 Å². The largest absolute Gasteiger partial charge is 0.326 e. The molecule has 1 heterocycles. The van der Waals surface area contributed by atoms with Crippen molar-refractivity contribution in [3.63, 3.8) is 0 Å². The SMILES string of the molecule is O=C(CCSc1nnc(C2CC2)n1Cc1ccccc1)Nc1ccccc1. The molecule has 138 valence electrons. The van der Waals surface area contributed by atoms with Crippen LogP contribution in [0.3, 0.4) is 0 Å². The summed E-state index contributed by atoms with van der Waals surface area (Å²) < 4.78 is 2.22. The Hall–Kier alpha value is -2.60. The Labute approximate surface area is 163 Å². The topological polar surface area (TPSA) is 59.8 Å². The number of hydrogen-bond acceptors (Lipinski definition) is 4. The molecule has 1 N–H and O–H groups in total. The van der Waals surface area contributed by atoms with Crippen LogP contribution in [0.1, 0.15) is 36.6 Å². The highest BCUT2D eigenvalue weighted by atomic mass is 32.2. The van der Waals surface area contributed by atoms with E-state index in [-0.39, 0.29) is 5.91 Å². The lowest BCUT2D eigenvalue weighted by Gasteiger charge is -2.10. The number of hydrogen-bond donors (Lipinski definition) is 1. The number of para-hydroxylation sites is 1. The molecule has 27 heavy (non-hydrogen) atoms. The lowest BCUT2D eigenvalue weighted by atomic mass is 10.2. The van der Waals surface area contributed by atoms with E-state index in [0.29, 0.717) is 18.1 Å². The number of aromatic nitrogens is 3. The molecule has 0 spiro atoms. The summed E-state index contributed by atoms with van der Waals surface area (Å²) >= 11 is 1.60. The molecular formula is C21H22N4OS. The number of thioether (sulfide) groups is 1. The number of nitrogens with one attached hydrogen (secondary N) is 1. The summed E-state index contributed by atoms with van der Waals surface area (Å²) in [4.78, 5) is 12.1. The van der Waals surface area contributed by atoms with Crippen LogP contribution in [-0.4, -0.2) is 26.4 Å². The predicted octanol–water partition coefficient (Wildman–Crippen LogP) is 4.32. The van der Waals surface area contributed by atoms with Gasteiger partial charge < -0.3 is 9.88 Å². The maximum absolute atomic E-state index is 12.1. The van der Waals surface area contributed by atoms with Crippen LogP contribution >= 0.6 is 11.8 Å². The summed E-state index contributed by atoms with van der Waals surface area (Å²) in [5, 5.41) is 12.6. The van der Waals surface area contributed by atoms with Crippen LogP contribution in [0.4, 0.5) is 5.69 Å². The van der Waals surface area contributed by atoms with Crippen LogP contribution in [0, 0.1) is 0 Å². The minimum atomic E-state index is 0.0187. The van der Waals surface area contributed by atoms with Gasteiger partial charge in [-0.25, -0.2) is 0 Å². The summed E-state index contributed by atoms with van der Waals surface area (Å²) in [5.74, 6) is 2.31. The molecule has 4 rings (SSSR count). The fourth-order valence-electron chi connectivity index (χ4n) is 2.94. The number of nitrogens with zero attached hydrogens (tertiary/aromatic N) is 3. The van der Waals surface area contributed by atoms with Gasteiger partial charge in [-0.3, -0.25) is 4.79 Å². The van der Waals surface area contributed by atoms with Crippen molar-refractivity contribution >= 4 is 23.4 Å². The zero-order valence-corrected chi connectivity index (χ0v) is 15.9. The predicted molar refractivity (Wildman–Crippen MR) is 108 cm³/mol. The average molecular weight is 379 g/mol. The van der Waals surface area contributed by atoms with Crippen molar-refractivity contribution < 1.29 is 4.79 Å². The Bertz CT molecular complexity index is 891. The van der Waals surface area contributed by atoms with Crippen LogP contribution in [0.25, 0.3) is 0 Å². The average Bonchev–Trinajstić information content (AvgIpc) is 3.46. The zero-order chi connectivity index (χ0) is 18.5. The van der Waals surface area contributed by atoms with E-state index in [2.05, 4.69) is 44.3 Å². The first-order chi connectivity index (χ1) is 13.3. The number of carbonyl (C=O) groups excluding carboxylic acids is 1. The Kier molecular flexibility index (Phi) is 5.53. The van der Waals surface area contributed by atoms with Gasteiger partial charge in [-0.05, 0) is 30.5 Å². The van der Waals surface area contributed by atoms with Crippen molar-refractivity contribution in [2.24, 2.45) is 0 Å². The van der Waals surface area contributed by atoms with Crippen LogP contribution in [0.5, 0.6) is 0 Å². The van der Waals surface area contributed by atoms with Gasteiger partial charge in [-0.15, -0.1) is 10.2 Å². The van der Waals surface area contributed by atoms with E-state index in [4.69, 9.17) is 0 Å². The highest BCUT2D eigenvalue weighted by molar-refractivity contribution is 7.99. The lowest BCUT2D eigenvalue weighted by molar-refractivity contribution is -0.115. The molecular weight excluding hydrogens is 356 g/mol. The fraction of sp³-hybridized carbons (Fsp3) is 0.286. The second-order valence-corrected chi connectivity index (χ2v) is 7.76. The molecule has 1 saturated carbocycles. The maximum Gasteiger partial charge on any atom is 0.225 e. The van der Waals surface area contributed by atoms with Gasteiger partial charge in [0.2, 0.25) is 5.91 Å². The smallest absolute Gasteiger partial charge is 0.225 e. The highest BCUT2D eigenvalue weighted by Gasteiger charge is 2.30. The molecule has 0 aliphatic heterocycles. The number of rotatable bonds is 8. The van der Waals surface area contributed by atoms with E-state index in [1.165, 1.54) is 18.4 Å². The van der Waals surface area contributed by atoms with E-state index in [1.807, 2.05) is 36.4 Å². The summed E-state index contributed by atoms with van der Waals surface area (Å²) in [7, 11) is 0. The van der Waals surface area contributed by atoms with Gasteiger partial charge in [0.15, 0.2) is 5.16 Å². The fourth-order valence-corrected chi connectivity index (χ4v) is 3.83. The van der Waals surface area contributed by atoms with Gasteiger partial charge in [0, 0.05) is 23.8 Å². The maximum atomic E-state index is 12.1. The minimum absolute atomic E-state index is 0.0187. The van der Waals surface area contributed by atoms with Crippen LogP contribution in [-0.2, 0) is 11.3 Å². The van der Waals surface area contributed by atoms with Crippen LogP contribution in [0.15, 0.2) is 65.8 Å². The summed E-state index contributed by atoms with van der Waals surface area (Å²) in [6, 6.07) is 19.9. The number of anilines is 1. The first-order valence-electron chi connectivity index (χ1n) is 9.24. The van der Waals surface area contributed by atoms with E-state index >= 15 is 0 Å². The number of amides is 1.